The highest BCUT2D eigenvalue weighted by molar-refractivity contribution is 9.10. The van der Waals surface area contributed by atoms with E-state index in [0.717, 1.165) is 11.0 Å². The Bertz CT molecular complexity index is 393. The average Bonchev–Trinajstić information content (AvgIpc) is 2.30. The van der Waals surface area contributed by atoms with Gasteiger partial charge in [-0.05, 0) is 37.2 Å². The van der Waals surface area contributed by atoms with E-state index < -0.39 is 0 Å². The summed E-state index contributed by atoms with van der Waals surface area (Å²) >= 11 is 3.45. The normalized spacial score (nSPS) is 10.4. The summed E-state index contributed by atoms with van der Waals surface area (Å²) in [6.45, 7) is 3.45. The van der Waals surface area contributed by atoms with Gasteiger partial charge in [-0.2, -0.15) is 0 Å². The van der Waals surface area contributed by atoms with Crippen LogP contribution in [0.2, 0.25) is 0 Å². The van der Waals surface area contributed by atoms with Gasteiger partial charge in [-0.1, -0.05) is 22.0 Å². The van der Waals surface area contributed by atoms with E-state index in [1.54, 1.807) is 4.90 Å². The van der Waals surface area contributed by atoms with Crippen LogP contribution in [0.1, 0.15) is 17.5 Å². The van der Waals surface area contributed by atoms with Crippen LogP contribution in [-0.4, -0.2) is 31.4 Å². The lowest BCUT2D eigenvalue weighted by Crippen LogP contribution is -2.28. The molecule has 0 bridgehead atoms. The maximum absolute atomic E-state index is 11.8. The number of hydrogen-bond acceptors (Lipinski definition) is 2. The summed E-state index contributed by atoms with van der Waals surface area (Å²) in [7, 11) is 3.70. The predicted molar refractivity (Wildman–Crippen MR) is 73.9 cm³/mol. The number of hydrogen-bond donors (Lipinski definition) is 1. The van der Waals surface area contributed by atoms with Crippen LogP contribution in [0.25, 0.3) is 0 Å². The van der Waals surface area contributed by atoms with Gasteiger partial charge in [0.05, 0.1) is 0 Å². The molecule has 1 amide bonds. The summed E-state index contributed by atoms with van der Waals surface area (Å²) in [6.07, 6.45) is 0.542. The van der Waals surface area contributed by atoms with E-state index in [2.05, 4.69) is 40.3 Å². The van der Waals surface area contributed by atoms with Crippen molar-refractivity contribution in [3.63, 3.8) is 0 Å². The van der Waals surface area contributed by atoms with Crippen molar-refractivity contribution in [2.75, 3.05) is 20.6 Å². The Labute approximate surface area is 111 Å². The zero-order valence-corrected chi connectivity index (χ0v) is 12.2. The minimum absolute atomic E-state index is 0.165. The summed E-state index contributed by atoms with van der Waals surface area (Å²) in [5.74, 6) is 0.165. The number of aryl methyl sites for hydroxylation is 1. The number of amides is 1. The SMILES string of the molecule is CNCCC(=O)N(C)Cc1cc(Br)ccc1C. The van der Waals surface area contributed by atoms with E-state index in [1.807, 2.05) is 20.2 Å². The highest BCUT2D eigenvalue weighted by Gasteiger charge is 2.10. The Morgan fingerprint density at radius 1 is 1.47 bits per heavy atom. The van der Waals surface area contributed by atoms with Crippen molar-refractivity contribution in [2.24, 2.45) is 0 Å². The Morgan fingerprint density at radius 3 is 2.82 bits per heavy atom. The van der Waals surface area contributed by atoms with E-state index in [0.29, 0.717) is 13.0 Å². The molecule has 1 aromatic rings. The quantitative estimate of drug-likeness (QED) is 0.905. The molecule has 0 atom stereocenters. The van der Waals surface area contributed by atoms with E-state index in [1.165, 1.54) is 11.1 Å². The number of rotatable bonds is 5. The third kappa shape index (κ3) is 4.48. The predicted octanol–water partition coefficient (Wildman–Crippen LogP) is 2.33. The molecule has 94 valence electrons. The van der Waals surface area contributed by atoms with Crippen LogP contribution < -0.4 is 5.32 Å². The van der Waals surface area contributed by atoms with Gasteiger partial charge in [0, 0.05) is 31.0 Å². The van der Waals surface area contributed by atoms with Crippen LogP contribution in [0.15, 0.2) is 22.7 Å². The second-order valence-electron chi connectivity index (χ2n) is 4.17. The van der Waals surface area contributed by atoms with Crippen molar-refractivity contribution in [2.45, 2.75) is 19.9 Å². The summed E-state index contributed by atoms with van der Waals surface area (Å²) in [5, 5.41) is 2.98. The minimum atomic E-state index is 0.165. The summed E-state index contributed by atoms with van der Waals surface area (Å²) < 4.78 is 1.05. The van der Waals surface area contributed by atoms with Crippen LogP contribution in [0, 0.1) is 6.92 Å². The van der Waals surface area contributed by atoms with Gasteiger partial charge >= 0.3 is 0 Å². The van der Waals surface area contributed by atoms with E-state index >= 15 is 0 Å². The lowest BCUT2D eigenvalue weighted by molar-refractivity contribution is -0.130. The topological polar surface area (TPSA) is 32.3 Å². The van der Waals surface area contributed by atoms with Crippen LogP contribution >= 0.6 is 15.9 Å². The molecule has 1 rings (SSSR count). The lowest BCUT2D eigenvalue weighted by Gasteiger charge is -2.18. The standard InChI is InChI=1S/C13H19BrN2O/c1-10-4-5-12(14)8-11(10)9-16(3)13(17)6-7-15-2/h4-5,8,15H,6-7,9H2,1-3H3. The first-order valence-electron chi connectivity index (χ1n) is 5.68. The summed E-state index contributed by atoms with van der Waals surface area (Å²) in [5.41, 5.74) is 2.39. The molecule has 0 fully saturated rings. The summed E-state index contributed by atoms with van der Waals surface area (Å²) in [4.78, 5) is 13.5. The molecule has 4 heteroatoms. The second-order valence-corrected chi connectivity index (χ2v) is 5.09. The molecule has 17 heavy (non-hydrogen) atoms. The Balaban J connectivity index is 2.64. The molecule has 0 heterocycles. The average molecular weight is 299 g/mol. The minimum Gasteiger partial charge on any atom is -0.341 e. The zero-order valence-electron chi connectivity index (χ0n) is 10.6. The van der Waals surface area contributed by atoms with Crippen LogP contribution in [0.5, 0.6) is 0 Å². The molecule has 0 saturated heterocycles. The maximum Gasteiger partial charge on any atom is 0.223 e. The molecule has 0 aliphatic heterocycles. The number of carbonyl (C=O) groups excluding carboxylic acids is 1. The fraction of sp³-hybridized carbons (Fsp3) is 0.462. The van der Waals surface area contributed by atoms with Gasteiger partial charge < -0.3 is 10.2 Å². The van der Waals surface area contributed by atoms with E-state index in [4.69, 9.17) is 0 Å². The number of halogens is 1. The van der Waals surface area contributed by atoms with Gasteiger partial charge in [-0.25, -0.2) is 0 Å². The Kier molecular flexibility index (Phi) is 5.65. The molecular weight excluding hydrogens is 280 g/mol. The molecule has 1 aromatic carbocycles. The van der Waals surface area contributed by atoms with Gasteiger partial charge in [0.1, 0.15) is 0 Å². The van der Waals surface area contributed by atoms with Gasteiger partial charge in [-0.15, -0.1) is 0 Å². The number of carbonyl (C=O) groups is 1. The van der Waals surface area contributed by atoms with Crippen molar-refractivity contribution in [1.82, 2.24) is 10.2 Å². The van der Waals surface area contributed by atoms with E-state index in [-0.39, 0.29) is 5.91 Å². The highest BCUT2D eigenvalue weighted by Crippen LogP contribution is 2.17. The smallest absolute Gasteiger partial charge is 0.223 e. The molecule has 0 spiro atoms. The lowest BCUT2D eigenvalue weighted by atomic mass is 10.1. The van der Waals surface area contributed by atoms with Gasteiger partial charge in [0.25, 0.3) is 0 Å². The van der Waals surface area contributed by atoms with Gasteiger partial charge in [-0.3, -0.25) is 4.79 Å². The first-order chi connectivity index (χ1) is 8.04. The van der Waals surface area contributed by atoms with Crippen molar-refractivity contribution in [3.05, 3.63) is 33.8 Å². The molecular formula is C13H19BrN2O. The molecule has 3 nitrogen and oxygen atoms in total. The molecule has 1 N–H and O–H groups in total. The zero-order chi connectivity index (χ0) is 12.8. The van der Waals surface area contributed by atoms with Gasteiger partial charge in [0.15, 0.2) is 0 Å². The van der Waals surface area contributed by atoms with E-state index in [9.17, 15) is 4.79 Å². The van der Waals surface area contributed by atoms with Crippen molar-refractivity contribution in [1.29, 1.82) is 0 Å². The Hall–Kier alpha value is -0.870. The van der Waals surface area contributed by atoms with Gasteiger partial charge in [0.2, 0.25) is 5.91 Å². The molecule has 0 aliphatic rings. The molecule has 0 unspecified atom stereocenters. The number of nitrogens with zero attached hydrogens (tertiary/aromatic N) is 1. The summed E-state index contributed by atoms with van der Waals surface area (Å²) in [6, 6.07) is 6.14. The molecule has 0 saturated carbocycles. The van der Waals surface area contributed by atoms with Crippen molar-refractivity contribution in [3.8, 4) is 0 Å². The number of nitrogens with one attached hydrogen (secondary N) is 1. The van der Waals surface area contributed by atoms with Crippen LogP contribution in [0.4, 0.5) is 0 Å². The third-order valence-corrected chi connectivity index (χ3v) is 3.23. The first kappa shape index (κ1) is 14.2. The number of benzene rings is 1. The largest absolute Gasteiger partial charge is 0.341 e. The fourth-order valence-corrected chi connectivity index (χ4v) is 1.99. The monoisotopic (exact) mass is 298 g/mol. The van der Waals surface area contributed by atoms with Crippen LogP contribution in [0.3, 0.4) is 0 Å². The molecule has 0 aliphatic carbocycles. The van der Waals surface area contributed by atoms with Crippen molar-refractivity contribution >= 4 is 21.8 Å². The Morgan fingerprint density at radius 2 is 2.18 bits per heavy atom. The first-order valence-corrected chi connectivity index (χ1v) is 6.47. The van der Waals surface area contributed by atoms with Crippen LogP contribution in [-0.2, 0) is 11.3 Å². The maximum atomic E-state index is 11.8. The molecule has 0 aromatic heterocycles. The second kappa shape index (κ2) is 6.77. The highest BCUT2D eigenvalue weighted by atomic mass is 79.9. The fourth-order valence-electron chi connectivity index (χ4n) is 1.58. The third-order valence-electron chi connectivity index (χ3n) is 2.73. The molecule has 0 radical (unpaired) electrons. The van der Waals surface area contributed by atoms with Crippen molar-refractivity contribution < 1.29 is 4.79 Å².